The summed E-state index contributed by atoms with van der Waals surface area (Å²) >= 11 is -0.265. The lowest BCUT2D eigenvalue weighted by atomic mass is 10.1. The average Bonchev–Trinajstić information content (AvgIpc) is 2.55. The molecule has 0 spiro atoms. The fraction of sp³-hybridized carbons (Fsp3) is 0.235. The van der Waals surface area contributed by atoms with Gasteiger partial charge in [-0.3, -0.25) is 4.79 Å². The molecule has 25 heavy (non-hydrogen) atoms. The lowest BCUT2D eigenvalue weighted by molar-refractivity contribution is -0.115. The smallest absolute Gasteiger partial charge is 0.446 e. The number of ether oxygens (including phenoxy) is 2. The molecule has 2 aromatic carbocycles. The van der Waals surface area contributed by atoms with Gasteiger partial charge in [0.2, 0.25) is 5.91 Å². The van der Waals surface area contributed by atoms with Crippen LogP contribution >= 0.6 is 11.8 Å². The third-order valence-electron chi connectivity index (χ3n) is 3.20. The number of benzene rings is 2. The van der Waals surface area contributed by atoms with Crippen LogP contribution in [0.2, 0.25) is 0 Å². The van der Waals surface area contributed by atoms with E-state index in [2.05, 4.69) is 5.32 Å². The monoisotopic (exact) mass is 371 g/mol. The Hall–Kier alpha value is -2.35. The Morgan fingerprint density at radius 1 is 1.08 bits per heavy atom. The van der Waals surface area contributed by atoms with Crippen molar-refractivity contribution in [2.75, 3.05) is 19.5 Å². The summed E-state index contributed by atoms with van der Waals surface area (Å²) in [5.41, 5.74) is -3.66. The van der Waals surface area contributed by atoms with Gasteiger partial charge in [0.15, 0.2) is 11.5 Å². The number of methoxy groups -OCH3 is 2. The van der Waals surface area contributed by atoms with Crippen LogP contribution in [-0.4, -0.2) is 25.6 Å². The molecule has 0 aliphatic carbocycles. The van der Waals surface area contributed by atoms with Gasteiger partial charge in [-0.05, 0) is 41.6 Å². The van der Waals surface area contributed by atoms with Crippen LogP contribution in [0.15, 0.2) is 47.4 Å². The van der Waals surface area contributed by atoms with Gasteiger partial charge in [0.05, 0.1) is 26.3 Å². The van der Waals surface area contributed by atoms with Gasteiger partial charge in [-0.1, -0.05) is 18.2 Å². The van der Waals surface area contributed by atoms with Gasteiger partial charge >= 0.3 is 5.51 Å². The molecule has 0 fully saturated rings. The third kappa shape index (κ3) is 5.60. The number of halogens is 3. The van der Waals surface area contributed by atoms with E-state index in [0.717, 1.165) is 0 Å². The van der Waals surface area contributed by atoms with Crippen molar-refractivity contribution in [3.8, 4) is 11.5 Å². The van der Waals surface area contributed by atoms with E-state index < -0.39 is 11.4 Å². The minimum Gasteiger partial charge on any atom is -0.493 e. The molecule has 0 aliphatic rings. The summed E-state index contributed by atoms with van der Waals surface area (Å²) in [6, 6.07) is 10.8. The van der Waals surface area contributed by atoms with Crippen molar-refractivity contribution in [3.63, 3.8) is 0 Å². The summed E-state index contributed by atoms with van der Waals surface area (Å²) in [7, 11) is 2.98. The number of alkyl halides is 3. The molecule has 0 aliphatic heterocycles. The van der Waals surface area contributed by atoms with E-state index in [1.807, 2.05) is 0 Å². The second-order valence-electron chi connectivity index (χ2n) is 4.96. The number of amides is 1. The maximum Gasteiger partial charge on any atom is 0.446 e. The highest BCUT2D eigenvalue weighted by Crippen LogP contribution is 2.40. The lowest BCUT2D eigenvalue weighted by Gasteiger charge is -2.13. The van der Waals surface area contributed by atoms with Crippen LogP contribution in [0, 0.1) is 0 Å². The summed E-state index contributed by atoms with van der Waals surface area (Å²) in [5.74, 6) is 0.571. The Balaban J connectivity index is 2.11. The van der Waals surface area contributed by atoms with Crippen LogP contribution < -0.4 is 14.8 Å². The molecular weight excluding hydrogens is 355 g/mol. The predicted octanol–water partition coefficient (Wildman–Crippen LogP) is 4.50. The van der Waals surface area contributed by atoms with Crippen LogP contribution in [0.4, 0.5) is 18.9 Å². The van der Waals surface area contributed by atoms with E-state index >= 15 is 0 Å². The molecular formula is C17H16F3NO3S. The number of hydrogen-bond acceptors (Lipinski definition) is 4. The minimum atomic E-state index is -4.43. The van der Waals surface area contributed by atoms with Gasteiger partial charge in [0.1, 0.15) is 0 Å². The predicted molar refractivity (Wildman–Crippen MR) is 90.2 cm³/mol. The van der Waals surface area contributed by atoms with Crippen molar-refractivity contribution in [1.29, 1.82) is 0 Å². The first kappa shape index (κ1) is 19.0. The Morgan fingerprint density at radius 2 is 1.76 bits per heavy atom. The molecule has 4 nitrogen and oxygen atoms in total. The number of nitrogens with one attached hydrogen (secondary N) is 1. The van der Waals surface area contributed by atoms with Crippen LogP contribution in [0.3, 0.4) is 0 Å². The summed E-state index contributed by atoms with van der Waals surface area (Å²) in [5, 5.41) is 2.52. The zero-order valence-corrected chi connectivity index (χ0v) is 14.3. The Morgan fingerprint density at radius 3 is 2.40 bits per heavy atom. The summed E-state index contributed by atoms with van der Waals surface area (Å²) < 4.78 is 48.0. The topological polar surface area (TPSA) is 47.6 Å². The molecule has 8 heteroatoms. The molecule has 0 radical (unpaired) electrons. The van der Waals surface area contributed by atoms with Crippen molar-refractivity contribution in [2.24, 2.45) is 0 Å². The van der Waals surface area contributed by atoms with Crippen molar-refractivity contribution in [3.05, 3.63) is 48.0 Å². The van der Waals surface area contributed by atoms with Crippen LogP contribution in [-0.2, 0) is 11.2 Å². The zero-order chi connectivity index (χ0) is 18.4. The number of carbonyl (C=O) groups excluding carboxylic acids is 1. The van der Waals surface area contributed by atoms with E-state index in [1.54, 1.807) is 24.3 Å². The van der Waals surface area contributed by atoms with E-state index in [0.29, 0.717) is 17.1 Å². The van der Waals surface area contributed by atoms with Gasteiger partial charge in [-0.2, -0.15) is 13.2 Å². The Kier molecular flexibility index (Phi) is 6.19. The number of anilines is 1. The van der Waals surface area contributed by atoms with Crippen molar-refractivity contribution in [2.45, 2.75) is 16.8 Å². The van der Waals surface area contributed by atoms with E-state index in [1.165, 1.54) is 32.4 Å². The van der Waals surface area contributed by atoms with Gasteiger partial charge in [-0.15, -0.1) is 0 Å². The van der Waals surface area contributed by atoms with Gasteiger partial charge in [0.25, 0.3) is 0 Å². The van der Waals surface area contributed by atoms with Crippen molar-refractivity contribution >= 4 is 23.4 Å². The van der Waals surface area contributed by atoms with Crippen LogP contribution in [0.1, 0.15) is 5.56 Å². The largest absolute Gasteiger partial charge is 0.493 e. The minimum absolute atomic E-state index is 0.00856. The zero-order valence-electron chi connectivity index (χ0n) is 13.5. The molecule has 0 saturated carbocycles. The number of carbonyl (C=O) groups is 1. The first-order chi connectivity index (χ1) is 11.8. The summed E-state index contributed by atoms with van der Waals surface area (Å²) in [4.78, 5) is 12.1. The highest BCUT2D eigenvalue weighted by Gasteiger charge is 2.30. The molecule has 0 saturated heterocycles. The molecule has 2 rings (SSSR count). The maximum atomic E-state index is 12.6. The quantitative estimate of drug-likeness (QED) is 0.760. The van der Waals surface area contributed by atoms with Gasteiger partial charge in [-0.25, -0.2) is 0 Å². The molecule has 1 amide bonds. The maximum absolute atomic E-state index is 12.6. The van der Waals surface area contributed by atoms with E-state index in [9.17, 15) is 18.0 Å². The standard InChI is InChI=1S/C17H16F3NO3S/c1-23-13-8-7-11(9-14(13)24-2)10-16(22)21-12-5-3-4-6-15(12)25-17(18,19)20/h3-9H,10H2,1-2H3,(H,21,22). The van der Waals surface area contributed by atoms with Crippen molar-refractivity contribution in [1.82, 2.24) is 0 Å². The summed E-state index contributed by atoms with van der Waals surface area (Å²) in [6.07, 6.45) is -0.00856. The molecule has 0 unspecified atom stereocenters. The molecule has 0 bridgehead atoms. The number of para-hydroxylation sites is 1. The third-order valence-corrected chi connectivity index (χ3v) is 4.01. The van der Waals surface area contributed by atoms with E-state index in [-0.39, 0.29) is 28.8 Å². The van der Waals surface area contributed by atoms with Crippen LogP contribution in [0.5, 0.6) is 11.5 Å². The fourth-order valence-electron chi connectivity index (χ4n) is 2.15. The second-order valence-corrected chi connectivity index (χ2v) is 6.07. The summed E-state index contributed by atoms with van der Waals surface area (Å²) in [6.45, 7) is 0. The first-order valence-electron chi connectivity index (χ1n) is 7.18. The Bertz CT molecular complexity index is 750. The fourth-order valence-corrected chi connectivity index (χ4v) is 2.78. The SMILES string of the molecule is COc1ccc(CC(=O)Nc2ccccc2SC(F)(F)F)cc1OC. The highest BCUT2D eigenvalue weighted by molar-refractivity contribution is 8.00. The molecule has 134 valence electrons. The normalized spacial score (nSPS) is 11.1. The second kappa shape index (κ2) is 8.15. The van der Waals surface area contributed by atoms with Gasteiger partial charge in [0, 0.05) is 4.90 Å². The number of rotatable bonds is 6. The van der Waals surface area contributed by atoms with Crippen LogP contribution in [0.25, 0.3) is 0 Å². The average molecular weight is 371 g/mol. The number of thioether (sulfide) groups is 1. The highest BCUT2D eigenvalue weighted by atomic mass is 32.2. The first-order valence-corrected chi connectivity index (χ1v) is 7.99. The molecule has 2 aromatic rings. The lowest BCUT2D eigenvalue weighted by Crippen LogP contribution is -2.15. The molecule has 0 aromatic heterocycles. The Labute approximate surface area is 147 Å². The van der Waals surface area contributed by atoms with Crippen molar-refractivity contribution < 1.29 is 27.4 Å². The molecule has 0 atom stereocenters. The van der Waals surface area contributed by atoms with E-state index in [4.69, 9.17) is 9.47 Å². The van der Waals surface area contributed by atoms with Gasteiger partial charge < -0.3 is 14.8 Å². The molecule has 0 heterocycles. The number of hydrogen-bond donors (Lipinski definition) is 1. The molecule has 1 N–H and O–H groups in total.